The second-order valence-corrected chi connectivity index (χ2v) is 5.67. The lowest BCUT2D eigenvalue weighted by Crippen LogP contribution is -2.36. The standard InChI is InChI=1S/C16H22O5/c1-12(2)10-16(15(19)20,11-14(17)18)8-9-21-13-6-4-3-5-7-13/h3-7,12H,8-11H2,1-2H3,(H,17,18)(H,19,20). The molecule has 0 saturated heterocycles. The van der Waals surface area contributed by atoms with E-state index >= 15 is 0 Å². The number of carboxylic acids is 2. The Labute approximate surface area is 124 Å². The first-order chi connectivity index (χ1) is 9.85. The van der Waals surface area contributed by atoms with Crippen LogP contribution in [0.4, 0.5) is 0 Å². The predicted octanol–water partition coefficient (Wildman–Crippen LogP) is 3.05. The van der Waals surface area contributed by atoms with Crippen molar-refractivity contribution in [3.05, 3.63) is 30.3 Å². The number of aliphatic carboxylic acids is 2. The highest BCUT2D eigenvalue weighted by Crippen LogP contribution is 2.35. The number of carboxylic acid groups (broad SMARTS) is 2. The monoisotopic (exact) mass is 294 g/mol. The van der Waals surface area contributed by atoms with Crippen molar-refractivity contribution in [3.8, 4) is 5.75 Å². The van der Waals surface area contributed by atoms with Crippen LogP contribution >= 0.6 is 0 Å². The van der Waals surface area contributed by atoms with Crippen LogP contribution in [0.25, 0.3) is 0 Å². The summed E-state index contributed by atoms with van der Waals surface area (Å²) in [4.78, 5) is 22.6. The van der Waals surface area contributed by atoms with Gasteiger partial charge in [-0.2, -0.15) is 0 Å². The number of hydrogen-bond acceptors (Lipinski definition) is 3. The van der Waals surface area contributed by atoms with Crippen LogP contribution in [0, 0.1) is 11.3 Å². The Hall–Kier alpha value is -2.04. The molecule has 1 unspecified atom stereocenters. The van der Waals surface area contributed by atoms with Crippen molar-refractivity contribution in [2.45, 2.75) is 33.1 Å². The quantitative estimate of drug-likeness (QED) is 0.731. The van der Waals surface area contributed by atoms with E-state index in [2.05, 4.69) is 0 Å². The van der Waals surface area contributed by atoms with Crippen molar-refractivity contribution in [3.63, 3.8) is 0 Å². The van der Waals surface area contributed by atoms with E-state index in [1.54, 1.807) is 12.1 Å². The summed E-state index contributed by atoms with van der Waals surface area (Å²) in [7, 11) is 0. The maximum atomic E-state index is 11.6. The summed E-state index contributed by atoms with van der Waals surface area (Å²) in [5, 5.41) is 18.5. The smallest absolute Gasteiger partial charge is 0.310 e. The minimum atomic E-state index is -1.28. The van der Waals surface area contributed by atoms with Gasteiger partial charge in [-0.25, -0.2) is 0 Å². The number of ether oxygens (including phenoxy) is 1. The zero-order valence-electron chi connectivity index (χ0n) is 12.4. The highest BCUT2D eigenvalue weighted by atomic mass is 16.5. The molecule has 1 atom stereocenters. The van der Waals surface area contributed by atoms with E-state index in [0.29, 0.717) is 12.2 Å². The molecule has 0 aromatic heterocycles. The van der Waals surface area contributed by atoms with Gasteiger partial charge in [0.2, 0.25) is 0 Å². The zero-order valence-corrected chi connectivity index (χ0v) is 12.4. The SMILES string of the molecule is CC(C)CC(CCOc1ccccc1)(CC(=O)O)C(=O)O. The maximum Gasteiger partial charge on any atom is 0.310 e. The van der Waals surface area contributed by atoms with Crippen molar-refractivity contribution in [2.24, 2.45) is 11.3 Å². The second-order valence-electron chi connectivity index (χ2n) is 5.67. The van der Waals surface area contributed by atoms with Crippen molar-refractivity contribution >= 4 is 11.9 Å². The van der Waals surface area contributed by atoms with Gasteiger partial charge in [-0.1, -0.05) is 32.0 Å². The molecule has 2 N–H and O–H groups in total. The van der Waals surface area contributed by atoms with Crippen molar-refractivity contribution in [2.75, 3.05) is 6.61 Å². The van der Waals surface area contributed by atoms with Crippen molar-refractivity contribution < 1.29 is 24.5 Å². The third-order valence-electron chi connectivity index (χ3n) is 3.33. The molecule has 21 heavy (non-hydrogen) atoms. The summed E-state index contributed by atoms with van der Waals surface area (Å²) < 4.78 is 5.52. The highest BCUT2D eigenvalue weighted by molar-refractivity contribution is 5.81. The Morgan fingerprint density at radius 2 is 1.81 bits per heavy atom. The molecule has 0 aliphatic heterocycles. The molecule has 0 fully saturated rings. The van der Waals surface area contributed by atoms with Crippen LogP contribution in [0.3, 0.4) is 0 Å². The molecule has 0 bridgehead atoms. The molecule has 0 amide bonds. The topological polar surface area (TPSA) is 83.8 Å². The van der Waals surface area contributed by atoms with Crippen LogP contribution in [0.15, 0.2) is 30.3 Å². The van der Waals surface area contributed by atoms with Crippen molar-refractivity contribution in [1.29, 1.82) is 0 Å². The average molecular weight is 294 g/mol. The Morgan fingerprint density at radius 3 is 2.29 bits per heavy atom. The number of hydrogen-bond donors (Lipinski definition) is 2. The van der Waals surface area contributed by atoms with Gasteiger partial charge in [-0.15, -0.1) is 0 Å². The van der Waals surface area contributed by atoms with Gasteiger partial charge in [0.05, 0.1) is 18.4 Å². The minimum absolute atomic E-state index is 0.0946. The van der Waals surface area contributed by atoms with Crippen LogP contribution in [0.1, 0.15) is 33.1 Å². The molecule has 0 aliphatic carbocycles. The summed E-state index contributed by atoms with van der Waals surface area (Å²) in [6.07, 6.45) is 0.0904. The van der Waals surface area contributed by atoms with Crippen LogP contribution in [-0.2, 0) is 9.59 Å². The molecule has 0 radical (unpaired) electrons. The molecule has 116 valence electrons. The maximum absolute atomic E-state index is 11.6. The number of benzene rings is 1. The van der Waals surface area contributed by atoms with E-state index in [9.17, 15) is 14.7 Å². The van der Waals surface area contributed by atoms with E-state index in [4.69, 9.17) is 9.84 Å². The fourth-order valence-corrected chi connectivity index (χ4v) is 2.48. The Kier molecular flexibility index (Phi) is 6.21. The first-order valence-electron chi connectivity index (χ1n) is 6.99. The predicted molar refractivity (Wildman–Crippen MR) is 78.3 cm³/mol. The molecule has 1 aromatic rings. The number of para-hydroxylation sites is 1. The lowest BCUT2D eigenvalue weighted by Gasteiger charge is -2.29. The molecule has 0 heterocycles. The normalized spacial score (nSPS) is 13.7. The van der Waals surface area contributed by atoms with Gasteiger partial charge in [-0.3, -0.25) is 9.59 Å². The van der Waals surface area contributed by atoms with Crippen LogP contribution in [-0.4, -0.2) is 28.8 Å². The average Bonchev–Trinajstić information content (AvgIpc) is 2.38. The van der Waals surface area contributed by atoms with Crippen LogP contribution < -0.4 is 4.74 Å². The lowest BCUT2D eigenvalue weighted by atomic mass is 9.75. The van der Waals surface area contributed by atoms with Gasteiger partial charge in [0.25, 0.3) is 0 Å². The first kappa shape index (κ1) is 17.0. The van der Waals surface area contributed by atoms with Gasteiger partial charge >= 0.3 is 11.9 Å². The van der Waals surface area contributed by atoms with E-state index in [0.717, 1.165) is 0 Å². The van der Waals surface area contributed by atoms with Gasteiger partial charge in [0.15, 0.2) is 0 Å². The summed E-state index contributed by atoms with van der Waals surface area (Å²) in [5.41, 5.74) is -1.28. The third-order valence-corrected chi connectivity index (χ3v) is 3.33. The van der Waals surface area contributed by atoms with E-state index < -0.39 is 23.8 Å². The highest BCUT2D eigenvalue weighted by Gasteiger charge is 2.41. The summed E-state index contributed by atoms with van der Waals surface area (Å²) in [6.45, 7) is 3.95. The van der Waals surface area contributed by atoms with Gasteiger partial charge < -0.3 is 14.9 Å². The molecule has 0 aliphatic rings. The third kappa shape index (κ3) is 5.45. The molecule has 0 saturated carbocycles. The van der Waals surface area contributed by atoms with Crippen LogP contribution in [0.2, 0.25) is 0 Å². The van der Waals surface area contributed by atoms with Gasteiger partial charge in [-0.05, 0) is 30.9 Å². The number of carbonyl (C=O) groups is 2. The molecular weight excluding hydrogens is 272 g/mol. The largest absolute Gasteiger partial charge is 0.494 e. The lowest BCUT2D eigenvalue weighted by molar-refractivity contribution is -0.158. The minimum Gasteiger partial charge on any atom is -0.494 e. The summed E-state index contributed by atoms with van der Waals surface area (Å²) in [5.74, 6) is -1.43. The number of rotatable bonds is 9. The van der Waals surface area contributed by atoms with E-state index in [1.807, 2.05) is 32.0 Å². The molecule has 5 heteroatoms. The first-order valence-corrected chi connectivity index (χ1v) is 6.99. The molecular formula is C16H22O5. The molecule has 5 nitrogen and oxygen atoms in total. The zero-order chi connectivity index (χ0) is 15.9. The summed E-state index contributed by atoms with van der Waals surface area (Å²) in [6, 6.07) is 9.07. The molecule has 1 aromatic carbocycles. The van der Waals surface area contributed by atoms with Crippen LogP contribution in [0.5, 0.6) is 5.75 Å². The van der Waals surface area contributed by atoms with E-state index in [-0.39, 0.29) is 18.9 Å². The Bertz CT molecular complexity index is 469. The van der Waals surface area contributed by atoms with Gasteiger partial charge in [0.1, 0.15) is 5.75 Å². The molecule has 0 spiro atoms. The van der Waals surface area contributed by atoms with Crippen molar-refractivity contribution in [1.82, 2.24) is 0 Å². The Balaban J connectivity index is 2.75. The fourth-order valence-electron chi connectivity index (χ4n) is 2.48. The fraction of sp³-hybridized carbons (Fsp3) is 0.500. The Morgan fingerprint density at radius 1 is 1.19 bits per heavy atom. The molecule has 1 rings (SSSR count). The van der Waals surface area contributed by atoms with E-state index in [1.165, 1.54) is 0 Å². The summed E-state index contributed by atoms with van der Waals surface area (Å²) >= 11 is 0. The van der Waals surface area contributed by atoms with Gasteiger partial charge in [0, 0.05) is 0 Å². The second kappa shape index (κ2) is 7.67.